The van der Waals surface area contributed by atoms with Crippen molar-refractivity contribution >= 4 is 28.5 Å². The molecule has 0 spiro atoms. The molecule has 0 saturated carbocycles. The molecule has 28 heavy (non-hydrogen) atoms. The molecule has 0 radical (unpaired) electrons. The van der Waals surface area contributed by atoms with E-state index in [1.165, 1.54) is 0 Å². The van der Waals surface area contributed by atoms with Crippen LogP contribution in [0.15, 0.2) is 18.2 Å². The lowest BCUT2D eigenvalue weighted by Gasteiger charge is -2.17. The van der Waals surface area contributed by atoms with Crippen molar-refractivity contribution in [1.29, 1.82) is 0 Å². The zero-order valence-electron chi connectivity index (χ0n) is 16.3. The summed E-state index contributed by atoms with van der Waals surface area (Å²) in [6.07, 6.45) is -0.291. The Morgan fingerprint density at radius 1 is 1.32 bits per heavy atom. The number of anilines is 1. The van der Waals surface area contributed by atoms with Crippen LogP contribution in [0.3, 0.4) is 0 Å². The summed E-state index contributed by atoms with van der Waals surface area (Å²) >= 11 is 0. The summed E-state index contributed by atoms with van der Waals surface area (Å²) in [6, 6.07) is 5.33. The quantitative estimate of drug-likeness (QED) is 0.554. The van der Waals surface area contributed by atoms with E-state index in [4.69, 9.17) is 18.9 Å². The number of ether oxygens (including phenoxy) is 4. The summed E-state index contributed by atoms with van der Waals surface area (Å²) in [4.78, 5) is 28.9. The van der Waals surface area contributed by atoms with Crippen molar-refractivity contribution in [2.45, 2.75) is 13.2 Å². The Labute approximate surface area is 162 Å². The van der Waals surface area contributed by atoms with Gasteiger partial charge in [-0.05, 0) is 25.1 Å². The normalized spacial score (nSPS) is 15.5. The minimum absolute atomic E-state index is 0.197. The number of likely N-dealkylation sites (N-methyl/N-ethyl adjacent to an activating group) is 1. The van der Waals surface area contributed by atoms with Crippen molar-refractivity contribution in [3.63, 3.8) is 0 Å². The van der Waals surface area contributed by atoms with Gasteiger partial charge < -0.3 is 34.1 Å². The standard InChI is InChI=1S/C19H25N3O6/c1-4-26-19(24)18-17(13-9-12(25-3)5-6-14(13)20-18)21-15(23)10-22(2)11-16-27-7-8-28-16/h5-6,9,16,20H,4,7-8,10-11H2,1-3H3,(H,21,23)/p+1. The van der Waals surface area contributed by atoms with Gasteiger partial charge in [-0.25, -0.2) is 4.79 Å². The zero-order chi connectivity index (χ0) is 20.1. The van der Waals surface area contributed by atoms with Crippen LogP contribution >= 0.6 is 0 Å². The topological polar surface area (TPSA) is 103 Å². The Kier molecular flexibility index (Phi) is 6.50. The van der Waals surface area contributed by atoms with E-state index in [1.54, 1.807) is 32.2 Å². The smallest absolute Gasteiger partial charge is 0.356 e. The first-order chi connectivity index (χ1) is 13.5. The van der Waals surface area contributed by atoms with E-state index >= 15 is 0 Å². The number of carbonyl (C=O) groups excluding carboxylic acids is 2. The van der Waals surface area contributed by atoms with Crippen LogP contribution in [0.1, 0.15) is 17.4 Å². The number of amides is 1. The van der Waals surface area contributed by atoms with Crippen LogP contribution < -0.4 is 15.0 Å². The number of aromatic nitrogens is 1. The maximum Gasteiger partial charge on any atom is 0.356 e. The van der Waals surface area contributed by atoms with E-state index in [1.807, 2.05) is 7.05 Å². The summed E-state index contributed by atoms with van der Waals surface area (Å²) in [7, 11) is 3.44. The monoisotopic (exact) mass is 392 g/mol. The predicted molar refractivity (Wildman–Crippen MR) is 102 cm³/mol. The molecule has 1 aromatic carbocycles. The molecule has 1 aromatic heterocycles. The second kappa shape index (κ2) is 9.05. The molecule has 1 unspecified atom stereocenters. The van der Waals surface area contributed by atoms with Gasteiger partial charge in [-0.3, -0.25) is 4.79 Å². The molecule has 2 aromatic rings. The third-order valence-corrected chi connectivity index (χ3v) is 4.42. The minimum Gasteiger partial charge on any atom is -0.497 e. The summed E-state index contributed by atoms with van der Waals surface area (Å²) < 4.78 is 21.2. The number of fused-ring (bicyclic) bond motifs is 1. The van der Waals surface area contributed by atoms with Crippen molar-refractivity contribution in [2.24, 2.45) is 0 Å². The average molecular weight is 392 g/mol. The first-order valence-electron chi connectivity index (χ1n) is 9.23. The molecule has 3 rings (SSSR count). The van der Waals surface area contributed by atoms with Crippen molar-refractivity contribution in [3.8, 4) is 5.75 Å². The highest BCUT2D eigenvalue weighted by atomic mass is 16.7. The number of aromatic amines is 1. The highest BCUT2D eigenvalue weighted by molar-refractivity contribution is 6.11. The molecular formula is C19H26N3O6+. The molecule has 1 saturated heterocycles. The molecular weight excluding hydrogens is 366 g/mol. The fourth-order valence-corrected chi connectivity index (χ4v) is 3.12. The van der Waals surface area contributed by atoms with Gasteiger partial charge in [-0.2, -0.15) is 0 Å². The number of nitrogens with one attached hydrogen (secondary N) is 3. The summed E-state index contributed by atoms with van der Waals surface area (Å²) in [5.74, 6) is -0.137. The Bertz CT molecular complexity index is 844. The Hall–Kier alpha value is -2.62. The fourth-order valence-electron chi connectivity index (χ4n) is 3.12. The molecule has 9 heteroatoms. The number of hydrogen-bond donors (Lipinski definition) is 3. The SMILES string of the molecule is CCOC(=O)c1[nH]c2ccc(OC)cc2c1NC(=O)C[NH+](C)CC1OCCO1. The van der Waals surface area contributed by atoms with Gasteiger partial charge in [0.05, 0.1) is 39.7 Å². The van der Waals surface area contributed by atoms with Crippen LogP contribution in [0.25, 0.3) is 10.9 Å². The number of carbonyl (C=O) groups is 2. The van der Waals surface area contributed by atoms with Crippen LogP contribution in [0.2, 0.25) is 0 Å². The Morgan fingerprint density at radius 2 is 2.07 bits per heavy atom. The van der Waals surface area contributed by atoms with Gasteiger partial charge in [0.2, 0.25) is 6.29 Å². The third-order valence-electron chi connectivity index (χ3n) is 4.42. The van der Waals surface area contributed by atoms with Crippen molar-refractivity contribution in [2.75, 3.05) is 52.4 Å². The molecule has 0 aliphatic carbocycles. The lowest BCUT2D eigenvalue weighted by atomic mass is 10.2. The van der Waals surface area contributed by atoms with Crippen molar-refractivity contribution in [3.05, 3.63) is 23.9 Å². The minimum atomic E-state index is -0.526. The number of esters is 1. The van der Waals surface area contributed by atoms with Gasteiger partial charge in [0.15, 0.2) is 6.54 Å². The number of methoxy groups -OCH3 is 1. The van der Waals surface area contributed by atoms with Gasteiger partial charge in [-0.1, -0.05) is 0 Å². The fraction of sp³-hybridized carbons (Fsp3) is 0.474. The molecule has 1 atom stereocenters. The maximum atomic E-state index is 12.6. The molecule has 2 heterocycles. The first kappa shape index (κ1) is 20.1. The summed E-state index contributed by atoms with van der Waals surface area (Å²) in [6.45, 7) is 3.86. The number of benzene rings is 1. The van der Waals surface area contributed by atoms with Crippen LogP contribution in [-0.2, 0) is 19.0 Å². The van der Waals surface area contributed by atoms with E-state index in [0.29, 0.717) is 42.1 Å². The van der Waals surface area contributed by atoms with Crippen LogP contribution in [-0.4, -0.2) is 70.2 Å². The second-order valence-corrected chi connectivity index (χ2v) is 6.56. The Morgan fingerprint density at radius 3 is 2.75 bits per heavy atom. The van der Waals surface area contributed by atoms with Crippen LogP contribution in [0.4, 0.5) is 5.69 Å². The van der Waals surface area contributed by atoms with E-state index in [9.17, 15) is 9.59 Å². The van der Waals surface area contributed by atoms with Crippen molar-refractivity contribution < 1.29 is 33.4 Å². The molecule has 1 fully saturated rings. The van der Waals surface area contributed by atoms with E-state index in [0.717, 1.165) is 4.90 Å². The predicted octanol–water partition coefficient (Wildman–Crippen LogP) is 0.179. The second-order valence-electron chi connectivity index (χ2n) is 6.56. The van der Waals surface area contributed by atoms with Gasteiger partial charge in [-0.15, -0.1) is 0 Å². The van der Waals surface area contributed by atoms with E-state index < -0.39 is 5.97 Å². The molecule has 0 bridgehead atoms. The molecule has 1 amide bonds. The lowest BCUT2D eigenvalue weighted by Crippen LogP contribution is -3.11. The average Bonchev–Trinajstić information content (AvgIpc) is 3.29. The first-order valence-corrected chi connectivity index (χ1v) is 9.23. The molecule has 9 nitrogen and oxygen atoms in total. The lowest BCUT2D eigenvalue weighted by molar-refractivity contribution is -0.877. The summed E-state index contributed by atoms with van der Waals surface area (Å²) in [5, 5.41) is 3.53. The highest BCUT2D eigenvalue weighted by Crippen LogP contribution is 2.31. The summed E-state index contributed by atoms with van der Waals surface area (Å²) in [5.41, 5.74) is 1.30. The number of quaternary nitrogens is 1. The number of H-pyrrole nitrogens is 1. The van der Waals surface area contributed by atoms with Crippen LogP contribution in [0, 0.1) is 0 Å². The van der Waals surface area contributed by atoms with E-state index in [-0.39, 0.29) is 31.0 Å². The third kappa shape index (κ3) is 4.61. The van der Waals surface area contributed by atoms with Gasteiger partial charge in [0, 0.05) is 10.9 Å². The van der Waals surface area contributed by atoms with Gasteiger partial charge >= 0.3 is 5.97 Å². The van der Waals surface area contributed by atoms with E-state index in [2.05, 4.69) is 10.3 Å². The molecule has 3 N–H and O–H groups in total. The number of hydrogen-bond acceptors (Lipinski definition) is 6. The van der Waals surface area contributed by atoms with Crippen molar-refractivity contribution in [1.82, 2.24) is 4.98 Å². The molecule has 1 aliphatic rings. The molecule has 1 aliphatic heterocycles. The Balaban J connectivity index is 1.79. The molecule has 152 valence electrons. The maximum absolute atomic E-state index is 12.6. The largest absolute Gasteiger partial charge is 0.497 e. The van der Waals surface area contributed by atoms with Gasteiger partial charge in [0.1, 0.15) is 18.0 Å². The number of rotatable bonds is 8. The highest BCUT2D eigenvalue weighted by Gasteiger charge is 2.24. The van der Waals surface area contributed by atoms with Gasteiger partial charge in [0.25, 0.3) is 5.91 Å². The van der Waals surface area contributed by atoms with Crippen LogP contribution in [0.5, 0.6) is 5.75 Å². The zero-order valence-corrected chi connectivity index (χ0v) is 16.3.